The summed E-state index contributed by atoms with van der Waals surface area (Å²) in [6.45, 7) is 7.50. The van der Waals surface area contributed by atoms with Crippen molar-refractivity contribution in [3.8, 4) is 16.3 Å². The van der Waals surface area contributed by atoms with E-state index < -0.39 is 0 Å². The lowest BCUT2D eigenvalue weighted by Crippen LogP contribution is -2.47. The van der Waals surface area contributed by atoms with Gasteiger partial charge in [-0.1, -0.05) is 35.9 Å². The second kappa shape index (κ2) is 9.11. The summed E-state index contributed by atoms with van der Waals surface area (Å²) in [5, 5.41) is 8.43. The molecule has 2 N–H and O–H groups in total. The third-order valence-corrected chi connectivity index (χ3v) is 7.74. The molecule has 0 aliphatic carbocycles. The van der Waals surface area contributed by atoms with E-state index in [2.05, 4.69) is 53.3 Å². The zero-order valence-electron chi connectivity index (χ0n) is 20.1. The molecule has 0 amide bonds. The van der Waals surface area contributed by atoms with Gasteiger partial charge in [0.05, 0.1) is 21.6 Å². The van der Waals surface area contributed by atoms with E-state index >= 15 is 0 Å². The molecular weight excluding hydrogens is 490 g/mol. The maximum atomic E-state index is 6.66. The van der Waals surface area contributed by atoms with Gasteiger partial charge < -0.3 is 15.5 Å². The van der Waals surface area contributed by atoms with Gasteiger partial charge in [-0.25, -0.2) is 9.67 Å². The highest BCUT2D eigenvalue weighted by Gasteiger charge is 2.25. The Labute approximate surface area is 218 Å². The summed E-state index contributed by atoms with van der Waals surface area (Å²) in [6.07, 6.45) is 0. The maximum absolute atomic E-state index is 6.66. The number of thiophene rings is 1. The monoisotopic (exact) mass is 515 g/mol. The fourth-order valence-corrected chi connectivity index (χ4v) is 5.65. The number of halogens is 1. The predicted octanol–water partition coefficient (Wildman–Crippen LogP) is 5.72. The number of nitrogen functional groups attached to an aromatic ring is 1. The normalized spacial score (nSPS) is 14.1. The second-order valence-corrected chi connectivity index (χ2v) is 10.5. The molecule has 7 nitrogen and oxygen atoms in total. The molecule has 9 heteroatoms. The summed E-state index contributed by atoms with van der Waals surface area (Å²) in [4.78, 5) is 15.6. The molecule has 6 rings (SSSR count). The molecule has 1 fully saturated rings. The van der Waals surface area contributed by atoms with Crippen LogP contribution in [-0.2, 0) is 0 Å². The van der Waals surface area contributed by atoms with Gasteiger partial charge in [0.25, 0.3) is 0 Å². The largest absolute Gasteiger partial charge is 0.383 e. The van der Waals surface area contributed by atoms with Gasteiger partial charge >= 0.3 is 0 Å². The van der Waals surface area contributed by atoms with Crippen LogP contribution in [0.5, 0.6) is 0 Å². The van der Waals surface area contributed by atoms with Crippen LogP contribution >= 0.6 is 22.9 Å². The molecule has 1 aliphatic heterocycles. The number of hydrogen-bond acceptors (Lipinski definition) is 7. The molecule has 5 aromatic rings. The van der Waals surface area contributed by atoms with Gasteiger partial charge in [-0.05, 0) is 60.7 Å². The number of aryl methyl sites for hydroxylation is 2. The van der Waals surface area contributed by atoms with Gasteiger partial charge in [-0.15, -0.1) is 16.4 Å². The van der Waals surface area contributed by atoms with E-state index in [-0.39, 0.29) is 0 Å². The maximum Gasteiger partial charge on any atom is 0.228 e. The molecule has 4 heterocycles. The minimum Gasteiger partial charge on any atom is -0.383 e. The number of anilines is 3. The molecule has 36 heavy (non-hydrogen) atoms. The summed E-state index contributed by atoms with van der Waals surface area (Å²) >= 11 is 7.92. The lowest BCUT2D eigenvalue weighted by atomic mass is 10.1. The van der Waals surface area contributed by atoms with Crippen LogP contribution < -0.4 is 15.5 Å². The average molecular weight is 516 g/mol. The van der Waals surface area contributed by atoms with Crippen molar-refractivity contribution in [1.29, 1.82) is 0 Å². The predicted molar refractivity (Wildman–Crippen MR) is 150 cm³/mol. The highest BCUT2D eigenvalue weighted by atomic mass is 35.5. The van der Waals surface area contributed by atoms with E-state index in [1.165, 1.54) is 11.3 Å². The molecular formula is C27H26ClN7S. The molecule has 0 bridgehead atoms. The Bertz CT molecular complexity index is 1550. The lowest BCUT2D eigenvalue weighted by Gasteiger charge is -2.37. The van der Waals surface area contributed by atoms with Crippen LogP contribution in [0.1, 0.15) is 11.1 Å². The van der Waals surface area contributed by atoms with E-state index in [0.717, 1.165) is 58.4 Å². The van der Waals surface area contributed by atoms with Crippen LogP contribution in [0.3, 0.4) is 0 Å². The van der Waals surface area contributed by atoms with Crippen LogP contribution in [0, 0.1) is 13.8 Å². The molecule has 0 radical (unpaired) electrons. The van der Waals surface area contributed by atoms with E-state index in [9.17, 15) is 0 Å². The van der Waals surface area contributed by atoms with Crippen LogP contribution in [0.2, 0.25) is 5.02 Å². The minimum atomic E-state index is 0.548. The zero-order chi connectivity index (χ0) is 24.8. The number of rotatable bonds is 4. The van der Waals surface area contributed by atoms with Crippen molar-refractivity contribution in [2.24, 2.45) is 0 Å². The highest BCUT2D eigenvalue weighted by Crippen LogP contribution is 2.36. The number of fused-ring (bicyclic) bond motifs is 1. The number of nitrogens with two attached hydrogens (primary N) is 1. The first-order chi connectivity index (χ1) is 17.5. The fraction of sp³-hybridized carbons (Fsp3) is 0.222. The van der Waals surface area contributed by atoms with Crippen molar-refractivity contribution < 1.29 is 0 Å². The lowest BCUT2D eigenvalue weighted by molar-refractivity contribution is 0.640. The van der Waals surface area contributed by atoms with Crippen LogP contribution in [0.25, 0.3) is 27.3 Å². The molecule has 1 saturated heterocycles. The Morgan fingerprint density at radius 1 is 0.917 bits per heavy atom. The smallest absolute Gasteiger partial charge is 0.228 e. The Hall–Kier alpha value is -3.62. The first kappa shape index (κ1) is 22.8. The highest BCUT2D eigenvalue weighted by molar-refractivity contribution is 7.13. The molecule has 0 spiro atoms. The molecule has 0 unspecified atom stereocenters. The first-order valence-corrected chi connectivity index (χ1v) is 13.2. The molecule has 1 aliphatic rings. The average Bonchev–Trinajstić information content (AvgIpc) is 3.54. The van der Waals surface area contributed by atoms with Crippen molar-refractivity contribution in [1.82, 2.24) is 19.7 Å². The molecule has 182 valence electrons. The number of piperazine rings is 1. The summed E-state index contributed by atoms with van der Waals surface area (Å²) in [5.74, 6) is 1.23. The molecule has 0 atom stereocenters. The van der Waals surface area contributed by atoms with E-state index in [1.807, 2.05) is 30.3 Å². The van der Waals surface area contributed by atoms with Gasteiger partial charge in [0.2, 0.25) is 5.95 Å². The SMILES string of the molecule is Cc1cccc(-n2nc3nc(N4CCN(c5cc(Cl)ccc5C)CC4)nc(-c4cccs4)c3c2N)c1. The minimum absolute atomic E-state index is 0.548. The fourth-order valence-electron chi connectivity index (χ4n) is 4.76. The standard InChI is InChI=1S/C27H26ClN7S/c1-17-5-3-6-20(15-17)35-25(29)23-24(22-7-4-14-36-22)30-27(31-26(23)32-35)34-12-10-33(11-13-34)21-16-19(28)9-8-18(21)2/h3-9,14-16H,10-13,29H2,1-2H3. The van der Waals surface area contributed by atoms with E-state index in [4.69, 9.17) is 32.4 Å². The summed E-state index contributed by atoms with van der Waals surface area (Å²) in [6, 6.07) is 18.3. The summed E-state index contributed by atoms with van der Waals surface area (Å²) < 4.78 is 1.77. The summed E-state index contributed by atoms with van der Waals surface area (Å²) in [7, 11) is 0. The van der Waals surface area contributed by atoms with Gasteiger partial charge in [-0.3, -0.25) is 0 Å². The first-order valence-electron chi connectivity index (χ1n) is 11.9. The van der Waals surface area contributed by atoms with Crippen molar-refractivity contribution in [3.63, 3.8) is 0 Å². The Balaban J connectivity index is 1.38. The topological polar surface area (TPSA) is 76.1 Å². The van der Waals surface area contributed by atoms with E-state index in [1.54, 1.807) is 16.0 Å². The number of aromatic nitrogens is 4. The quantitative estimate of drug-likeness (QED) is 0.330. The number of hydrogen-bond donors (Lipinski definition) is 1. The second-order valence-electron chi connectivity index (χ2n) is 9.09. The van der Waals surface area contributed by atoms with Crippen molar-refractivity contribution >= 4 is 51.4 Å². The Morgan fingerprint density at radius 3 is 2.47 bits per heavy atom. The third-order valence-electron chi connectivity index (χ3n) is 6.63. The van der Waals surface area contributed by atoms with Crippen molar-refractivity contribution in [2.45, 2.75) is 13.8 Å². The Kier molecular flexibility index (Phi) is 5.78. The Morgan fingerprint density at radius 2 is 1.72 bits per heavy atom. The van der Waals surface area contributed by atoms with Gasteiger partial charge in [0, 0.05) is 36.9 Å². The molecule has 2 aromatic carbocycles. The van der Waals surface area contributed by atoms with Crippen LogP contribution in [0.15, 0.2) is 60.0 Å². The number of nitrogens with zero attached hydrogens (tertiary/aromatic N) is 6. The summed E-state index contributed by atoms with van der Waals surface area (Å²) in [5.41, 5.74) is 12.6. The van der Waals surface area contributed by atoms with Crippen LogP contribution in [0.4, 0.5) is 17.5 Å². The molecule has 0 saturated carbocycles. The number of benzene rings is 2. The van der Waals surface area contributed by atoms with Crippen molar-refractivity contribution in [2.75, 3.05) is 41.7 Å². The zero-order valence-corrected chi connectivity index (χ0v) is 21.7. The third kappa shape index (κ3) is 4.06. The molecule has 3 aromatic heterocycles. The van der Waals surface area contributed by atoms with Gasteiger partial charge in [0.15, 0.2) is 5.65 Å². The van der Waals surface area contributed by atoms with Gasteiger partial charge in [-0.2, -0.15) is 4.98 Å². The van der Waals surface area contributed by atoms with Crippen molar-refractivity contribution in [3.05, 3.63) is 76.1 Å². The van der Waals surface area contributed by atoms with Crippen LogP contribution in [-0.4, -0.2) is 45.9 Å². The van der Waals surface area contributed by atoms with Gasteiger partial charge in [0.1, 0.15) is 5.82 Å². The van der Waals surface area contributed by atoms with E-state index in [0.29, 0.717) is 17.4 Å².